The molecule has 0 aromatic heterocycles. The van der Waals surface area contributed by atoms with Gasteiger partial charge in [0.05, 0.1) is 23.8 Å². The first-order valence-corrected chi connectivity index (χ1v) is 11.0. The van der Waals surface area contributed by atoms with E-state index in [9.17, 15) is 14.7 Å². The summed E-state index contributed by atoms with van der Waals surface area (Å²) in [6.45, 7) is 3.74. The number of carboxylic acid groups (broad SMARTS) is 1. The Kier molecular flexibility index (Phi) is 8.15. The van der Waals surface area contributed by atoms with Gasteiger partial charge in [-0.25, -0.2) is 14.6 Å². The van der Waals surface area contributed by atoms with Gasteiger partial charge in [-0.3, -0.25) is 0 Å². The summed E-state index contributed by atoms with van der Waals surface area (Å²) >= 11 is 1.10. The quantitative estimate of drug-likeness (QED) is 0.506. The molecule has 0 radical (unpaired) electrons. The standard InChI is InChI=1S/C24H23NO7S/c1-3-30-17-11-9-16(10-12-17)25-23-21(24(29)31-4-2)22(28)19(33-23)13-15-7-5-6-8-18(15)32-14-20(26)27/h5-13,28H,3-4,14H2,1-2H3,(H,26,27)/b19-13+,25-23?. The molecule has 2 N–H and O–H groups in total. The first-order valence-electron chi connectivity index (χ1n) is 10.2. The highest BCUT2D eigenvalue weighted by atomic mass is 32.2. The van der Waals surface area contributed by atoms with Crippen LogP contribution in [0.25, 0.3) is 6.08 Å². The third-order valence-corrected chi connectivity index (χ3v) is 5.33. The predicted molar refractivity (Wildman–Crippen MR) is 126 cm³/mol. The number of thioether (sulfide) groups is 1. The van der Waals surface area contributed by atoms with E-state index >= 15 is 0 Å². The maximum atomic E-state index is 12.6. The zero-order chi connectivity index (χ0) is 23.8. The van der Waals surface area contributed by atoms with Gasteiger partial charge in [-0.2, -0.15) is 0 Å². The van der Waals surface area contributed by atoms with Crippen molar-refractivity contribution >= 4 is 40.5 Å². The van der Waals surface area contributed by atoms with Crippen molar-refractivity contribution in [1.82, 2.24) is 0 Å². The second-order valence-electron chi connectivity index (χ2n) is 6.62. The smallest absolute Gasteiger partial charge is 0.344 e. The molecule has 1 heterocycles. The molecule has 0 amide bonds. The lowest BCUT2D eigenvalue weighted by Crippen LogP contribution is -2.12. The van der Waals surface area contributed by atoms with Crippen molar-refractivity contribution < 1.29 is 34.0 Å². The average molecular weight is 470 g/mol. The van der Waals surface area contributed by atoms with Crippen LogP contribution >= 0.6 is 11.8 Å². The zero-order valence-corrected chi connectivity index (χ0v) is 18.9. The molecule has 2 aromatic carbocycles. The van der Waals surface area contributed by atoms with Crippen LogP contribution < -0.4 is 9.47 Å². The van der Waals surface area contributed by atoms with Crippen LogP contribution in [0.5, 0.6) is 11.5 Å². The lowest BCUT2D eigenvalue weighted by atomic mass is 10.1. The number of nitrogens with zero attached hydrogens (tertiary/aromatic N) is 1. The fourth-order valence-corrected chi connectivity index (χ4v) is 3.93. The van der Waals surface area contributed by atoms with Crippen molar-refractivity contribution in [2.24, 2.45) is 4.99 Å². The molecule has 0 atom stereocenters. The van der Waals surface area contributed by atoms with E-state index in [0.29, 0.717) is 34.3 Å². The number of benzene rings is 2. The Morgan fingerprint density at radius 1 is 1.03 bits per heavy atom. The van der Waals surface area contributed by atoms with Gasteiger partial charge in [0.2, 0.25) is 0 Å². The lowest BCUT2D eigenvalue weighted by molar-refractivity contribution is -0.139. The van der Waals surface area contributed by atoms with E-state index in [2.05, 4.69) is 4.99 Å². The largest absolute Gasteiger partial charge is 0.506 e. The molecule has 3 rings (SSSR count). The van der Waals surface area contributed by atoms with Gasteiger partial charge in [0.1, 0.15) is 27.9 Å². The van der Waals surface area contributed by atoms with Gasteiger partial charge in [0.25, 0.3) is 0 Å². The summed E-state index contributed by atoms with van der Waals surface area (Å²) in [5.74, 6) is -1.04. The molecule has 1 aliphatic rings. The minimum Gasteiger partial charge on any atom is -0.506 e. The molecule has 1 aliphatic heterocycles. The first kappa shape index (κ1) is 23.9. The van der Waals surface area contributed by atoms with Gasteiger partial charge >= 0.3 is 11.9 Å². The number of esters is 1. The highest BCUT2D eigenvalue weighted by molar-refractivity contribution is 8.18. The van der Waals surface area contributed by atoms with E-state index in [-0.39, 0.29) is 23.0 Å². The SMILES string of the molecule is CCOC(=O)C1=C(O)/C(=C\c2ccccc2OCC(=O)O)SC1=Nc1ccc(OCC)cc1. The summed E-state index contributed by atoms with van der Waals surface area (Å²) in [6, 6.07) is 13.8. The minimum absolute atomic E-state index is 0.0362. The molecule has 8 nitrogen and oxygen atoms in total. The van der Waals surface area contributed by atoms with Crippen LogP contribution in [-0.2, 0) is 14.3 Å². The number of aliphatic imine (C=N–C) groups is 1. The van der Waals surface area contributed by atoms with E-state index in [1.807, 2.05) is 6.92 Å². The van der Waals surface area contributed by atoms with Crippen molar-refractivity contribution in [3.8, 4) is 11.5 Å². The number of aliphatic carboxylic acids is 1. The number of carboxylic acids is 1. The summed E-state index contributed by atoms with van der Waals surface area (Å²) in [5.41, 5.74) is 1.08. The third kappa shape index (κ3) is 6.17. The zero-order valence-electron chi connectivity index (χ0n) is 18.1. The van der Waals surface area contributed by atoms with E-state index in [1.54, 1.807) is 61.5 Å². The van der Waals surface area contributed by atoms with Gasteiger partial charge in [-0.1, -0.05) is 30.0 Å². The van der Waals surface area contributed by atoms with Crippen LogP contribution in [0.2, 0.25) is 0 Å². The van der Waals surface area contributed by atoms with Crippen molar-refractivity contribution in [2.75, 3.05) is 19.8 Å². The van der Waals surface area contributed by atoms with Gasteiger partial charge in [-0.15, -0.1) is 0 Å². The monoisotopic (exact) mass is 469 g/mol. The number of hydrogen-bond acceptors (Lipinski definition) is 8. The Labute approximate surface area is 195 Å². The molecule has 0 saturated carbocycles. The molecule has 0 saturated heterocycles. The Bertz CT molecular complexity index is 1120. The molecule has 172 valence electrons. The molecular weight excluding hydrogens is 446 g/mol. The van der Waals surface area contributed by atoms with Crippen molar-refractivity contribution in [3.05, 3.63) is 70.3 Å². The number of carbonyl (C=O) groups is 2. The maximum Gasteiger partial charge on any atom is 0.344 e. The maximum absolute atomic E-state index is 12.6. The van der Waals surface area contributed by atoms with Gasteiger partial charge in [0.15, 0.2) is 6.61 Å². The molecule has 9 heteroatoms. The minimum atomic E-state index is -1.11. The second kappa shape index (κ2) is 11.2. The molecule has 0 aliphatic carbocycles. The molecule has 2 aromatic rings. The van der Waals surface area contributed by atoms with Crippen LogP contribution in [0.1, 0.15) is 19.4 Å². The summed E-state index contributed by atoms with van der Waals surface area (Å²) in [5, 5.41) is 20.0. The predicted octanol–water partition coefficient (Wildman–Crippen LogP) is 4.74. The van der Waals surface area contributed by atoms with E-state index in [1.165, 1.54) is 0 Å². The Morgan fingerprint density at radius 3 is 2.42 bits per heavy atom. The highest BCUT2D eigenvalue weighted by Crippen LogP contribution is 2.41. The van der Waals surface area contributed by atoms with Crippen molar-refractivity contribution in [3.63, 3.8) is 0 Å². The number of hydrogen-bond donors (Lipinski definition) is 2. The van der Waals surface area contributed by atoms with Crippen LogP contribution in [0.3, 0.4) is 0 Å². The molecular formula is C24H23NO7S. The van der Waals surface area contributed by atoms with Gasteiger partial charge < -0.3 is 24.4 Å². The molecule has 0 spiro atoms. The number of ether oxygens (including phenoxy) is 3. The Hall–Kier alpha value is -3.72. The van der Waals surface area contributed by atoms with Crippen LogP contribution in [-0.4, -0.2) is 47.0 Å². The fourth-order valence-electron chi connectivity index (χ4n) is 2.90. The second-order valence-corrected chi connectivity index (χ2v) is 7.65. The van der Waals surface area contributed by atoms with E-state index in [0.717, 1.165) is 11.8 Å². The Balaban J connectivity index is 1.98. The molecule has 0 unspecified atom stereocenters. The third-order valence-electron chi connectivity index (χ3n) is 4.31. The van der Waals surface area contributed by atoms with E-state index < -0.39 is 18.5 Å². The number of carbonyl (C=O) groups excluding carboxylic acids is 1. The average Bonchev–Trinajstić information content (AvgIpc) is 3.09. The summed E-state index contributed by atoms with van der Waals surface area (Å²) in [6.07, 6.45) is 1.61. The normalized spacial score (nSPS) is 15.7. The number of aliphatic hydroxyl groups excluding tert-OH is 1. The van der Waals surface area contributed by atoms with Gasteiger partial charge in [-0.05, 0) is 50.3 Å². The topological polar surface area (TPSA) is 115 Å². The van der Waals surface area contributed by atoms with Gasteiger partial charge in [0, 0.05) is 5.56 Å². The molecule has 33 heavy (non-hydrogen) atoms. The molecule has 0 bridgehead atoms. The van der Waals surface area contributed by atoms with Crippen molar-refractivity contribution in [1.29, 1.82) is 0 Å². The summed E-state index contributed by atoms with van der Waals surface area (Å²) in [4.78, 5) is 28.3. The van der Waals surface area contributed by atoms with Crippen LogP contribution in [0.4, 0.5) is 5.69 Å². The first-order chi connectivity index (χ1) is 15.9. The van der Waals surface area contributed by atoms with Crippen molar-refractivity contribution in [2.45, 2.75) is 13.8 Å². The lowest BCUT2D eigenvalue weighted by Gasteiger charge is -2.07. The number of rotatable bonds is 9. The summed E-state index contributed by atoms with van der Waals surface area (Å²) < 4.78 is 15.9. The van der Waals surface area contributed by atoms with Crippen LogP contribution in [0.15, 0.2) is 69.8 Å². The number of aliphatic hydroxyl groups is 1. The highest BCUT2D eigenvalue weighted by Gasteiger charge is 2.33. The Morgan fingerprint density at radius 2 is 1.76 bits per heavy atom. The fraction of sp³-hybridized carbons (Fsp3) is 0.208. The van der Waals surface area contributed by atoms with E-state index in [4.69, 9.17) is 19.3 Å². The summed E-state index contributed by atoms with van der Waals surface area (Å²) in [7, 11) is 0. The molecule has 0 fully saturated rings. The number of para-hydroxylation sites is 1. The van der Waals surface area contributed by atoms with Crippen LogP contribution in [0, 0.1) is 0 Å².